The Bertz CT molecular complexity index is 1270. The summed E-state index contributed by atoms with van der Waals surface area (Å²) >= 11 is 4.45. The summed E-state index contributed by atoms with van der Waals surface area (Å²) in [5.74, 6) is -0.341. The lowest BCUT2D eigenvalue weighted by atomic mass is 9.91. The van der Waals surface area contributed by atoms with Crippen molar-refractivity contribution >= 4 is 28.6 Å². The molecule has 1 aromatic heterocycles. The lowest BCUT2D eigenvalue weighted by Gasteiger charge is -2.16. The Kier molecular flexibility index (Phi) is 6.15. The Balaban J connectivity index is 1.90. The van der Waals surface area contributed by atoms with Crippen LogP contribution in [0.3, 0.4) is 0 Å². The van der Waals surface area contributed by atoms with E-state index in [9.17, 15) is 13.4 Å². The van der Waals surface area contributed by atoms with Crippen molar-refractivity contribution in [1.29, 1.82) is 0 Å². The third-order valence-electron chi connectivity index (χ3n) is 5.19. The van der Waals surface area contributed by atoms with Gasteiger partial charge < -0.3 is 4.57 Å². The first kappa shape index (κ1) is 21.6. The highest BCUT2D eigenvalue weighted by Gasteiger charge is 2.22. The molecule has 31 heavy (non-hydrogen) atoms. The van der Waals surface area contributed by atoms with Gasteiger partial charge in [-0.15, -0.1) is 0 Å². The number of nitrogens with one attached hydrogen (secondary N) is 1. The van der Waals surface area contributed by atoms with Crippen LogP contribution in [0.5, 0.6) is 0 Å². The van der Waals surface area contributed by atoms with E-state index in [1.807, 2.05) is 12.1 Å². The van der Waals surface area contributed by atoms with Crippen molar-refractivity contribution in [2.45, 2.75) is 13.0 Å². The molecule has 0 saturated carbocycles. The molecule has 2 heterocycles. The number of aromatic nitrogens is 1. The number of hydrogen-bond donors (Lipinski definition) is 2. The van der Waals surface area contributed by atoms with Gasteiger partial charge in [0.2, 0.25) is 11.3 Å². The number of pyridine rings is 1. The molecule has 9 heteroatoms. The minimum absolute atomic E-state index is 0.135. The number of hydrogen-bond acceptors (Lipinski definition) is 3. The van der Waals surface area contributed by atoms with Crippen LogP contribution in [-0.2, 0) is 31.3 Å². The Morgan fingerprint density at radius 3 is 2.65 bits per heavy atom. The van der Waals surface area contributed by atoms with Crippen LogP contribution in [-0.4, -0.2) is 25.6 Å². The summed E-state index contributed by atoms with van der Waals surface area (Å²) in [7, 11) is 1.69. The molecule has 0 spiro atoms. The fourth-order valence-electron chi connectivity index (χ4n) is 3.65. The van der Waals surface area contributed by atoms with Crippen molar-refractivity contribution in [1.82, 2.24) is 9.29 Å². The quantitative estimate of drug-likeness (QED) is 0.573. The second-order valence-corrected chi connectivity index (χ2v) is 8.41. The van der Waals surface area contributed by atoms with Crippen LogP contribution >= 0.6 is 11.6 Å². The summed E-state index contributed by atoms with van der Waals surface area (Å²) < 4.78 is 37.3. The molecule has 4 rings (SSSR count). The van der Waals surface area contributed by atoms with Gasteiger partial charge in [-0.25, -0.2) is 13.3 Å². The van der Waals surface area contributed by atoms with E-state index in [0.717, 1.165) is 33.4 Å². The van der Waals surface area contributed by atoms with Gasteiger partial charge in [0.15, 0.2) is 0 Å². The number of aliphatic imine (C=N–C) groups is 1. The molecule has 0 amide bonds. The van der Waals surface area contributed by atoms with E-state index < -0.39 is 11.3 Å². The summed E-state index contributed by atoms with van der Waals surface area (Å²) in [5, 5.41) is 0.493. The second kappa shape index (κ2) is 8.84. The van der Waals surface area contributed by atoms with Crippen molar-refractivity contribution in [3.05, 3.63) is 92.1 Å². The smallest absolute Gasteiger partial charge is 0.250 e. The number of fused-ring (bicyclic) bond motifs is 3. The molecule has 160 valence electrons. The Labute approximate surface area is 185 Å². The lowest BCUT2D eigenvalue weighted by molar-refractivity contribution is 0.549. The fourth-order valence-corrected chi connectivity index (χ4v) is 4.18. The van der Waals surface area contributed by atoms with Gasteiger partial charge in [0.05, 0.1) is 12.3 Å². The van der Waals surface area contributed by atoms with Crippen molar-refractivity contribution in [3.8, 4) is 11.1 Å². The fraction of sp³-hybridized carbons (Fsp3) is 0.182. The SMILES string of the molecule is Cn1cc2c(cc1=O)CN=C(c1ccc(F)cc1)c1cc(Cl)c(CCNS(=O)O)cc1-2. The zero-order valence-electron chi connectivity index (χ0n) is 16.6. The standard InChI is InChI=1S/C22H19ClFN3O3S/c1-27-12-19-15(9-21(27)28)11-25-22(13-2-4-16(24)5-3-13)18-10-20(23)14(8-17(18)19)6-7-26-31(29)30/h2-5,8-10,12,26H,6-7,11H2,1H3,(H,29,30). The summed E-state index contributed by atoms with van der Waals surface area (Å²) in [4.78, 5) is 17.0. The molecule has 0 saturated heterocycles. The van der Waals surface area contributed by atoms with Crippen LogP contribution in [0.4, 0.5) is 4.39 Å². The third-order valence-corrected chi connectivity index (χ3v) is 5.99. The zero-order valence-corrected chi connectivity index (χ0v) is 18.1. The van der Waals surface area contributed by atoms with Gasteiger partial charge in [0, 0.05) is 47.6 Å². The van der Waals surface area contributed by atoms with Gasteiger partial charge in [-0.1, -0.05) is 11.6 Å². The van der Waals surface area contributed by atoms with Gasteiger partial charge in [-0.2, -0.15) is 0 Å². The monoisotopic (exact) mass is 459 g/mol. The number of halogens is 2. The highest BCUT2D eigenvalue weighted by atomic mass is 35.5. The van der Waals surface area contributed by atoms with E-state index >= 15 is 0 Å². The number of rotatable bonds is 5. The molecule has 1 unspecified atom stereocenters. The maximum Gasteiger partial charge on any atom is 0.250 e. The summed E-state index contributed by atoms with van der Waals surface area (Å²) in [5.41, 5.74) is 5.31. The number of aryl methyl sites for hydroxylation is 1. The van der Waals surface area contributed by atoms with Crippen molar-refractivity contribution in [3.63, 3.8) is 0 Å². The molecule has 0 radical (unpaired) electrons. The van der Waals surface area contributed by atoms with Crippen molar-refractivity contribution < 1.29 is 13.2 Å². The largest absolute Gasteiger partial charge is 0.318 e. The molecule has 1 aliphatic heterocycles. The molecule has 2 aromatic carbocycles. The molecule has 0 aliphatic carbocycles. The van der Waals surface area contributed by atoms with Gasteiger partial charge >= 0.3 is 0 Å². The molecule has 3 aromatic rings. The molecular weight excluding hydrogens is 441 g/mol. The van der Waals surface area contributed by atoms with Gasteiger partial charge in [-0.05, 0) is 59.5 Å². The Morgan fingerprint density at radius 2 is 1.94 bits per heavy atom. The van der Waals surface area contributed by atoms with E-state index in [1.165, 1.54) is 16.7 Å². The normalized spacial score (nSPS) is 13.7. The molecule has 0 bridgehead atoms. The highest BCUT2D eigenvalue weighted by molar-refractivity contribution is 7.77. The lowest BCUT2D eigenvalue weighted by Crippen LogP contribution is -2.19. The minimum Gasteiger partial charge on any atom is -0.318 e. The second-order valence-electron chi connectivity index (χ2n) is 7.22. The van der Waals surface area contributed by atoms with Crippen LogP contribution in [0.2, 0.25) is 5.02 Å². The first-order valence-corrected chi connectivity index (χ1v) is 11.0. The summed E-state index contributed by atoms with van der Waals surface area (Å²) in [6, 6.07) is 11.4. The third kappa shape index (κ3) is 4.52. The zero-order chi connectivity index (χ0) is 22.1. The average Bonchev–Trinajstić information content (AvgIpc) is 2.86. The highest BCUT2D eigenvalue weighted by Crippen LogP contribution is 2.35. The van der Waals surface area contributed by atoms with Crippen LogP contribution in [0.1, 0.15) is 22.3 Å². The predicted molar refractivity (Wildman–Crippen MR) is 120 cm³/mol. The van der Waals surface area contributed by atoms with Crippen LogP contribution in [0, 0.1) is 5.82 Å². The van der Waals surface area contributed by atoms with Crippen LogP contribution < -0.4 is 10.3 Å². The van der Waals surface area contributed by atoms with Crippen LogP contribution in [0.15, 0.2) is 58.4 Å². The molecule has 6 nitrogen and oxygen atoms in total. The number of benzene rings is 2. The van der Waals surface area contributed by atoms with Gasteiger partial charge in [0.1, 0.15) is 5.82 Å². The van der Waals surface area contributed by atoms with Crippen molar-refractivity contribution in [2.24, 2.45) is 12.0 Å². The maximum atomic E-state index is 13.5. The topological polar surface area (TPSA) is 83.7 Å². The summed E-state index contributed by atoms with van der Waals surface area (Å²) in [6.07, 6.45) is 2.21. The molecule has 0 fully saturated rings. The first-order valence-electron chi connectivity index (χ1n) is 9.51. The maximum absolute atomic E-state index is 13.5. The van der Waals surface area contributed by atoms with Crippen molar-refractivity contribution in [2.75, 3.05) is 6.54 Å². The number of nitrogens with zero attached hydrogens (tertiary/aromatic N) is 2. The predicted octanol–water partition coefficient (Wildman–Crippen LogP) is 3.46. The van der Waals surface area contributed by atoms with E-state index in [4.69, 9.17) is 21.1 Å². The van der Waals surface area contributed by atoms with Crippen LogP contribution in [0.25, 0.3) is 11.1 Å². The average molecular weight is 460 g/mol. The molecular formula is C22H19ClFN3O3S. The van der Waals surface area contributed by atoms with Gasteiger partial charge in [-0.3, -0.25) is 14.3 Å². The van der Waals surface area contributed by atoms with E-state index in [0.29, 0.717) is 23.7 Å². The van der Waals surface area contributed by atoms with Gasteiger partial charge in [0.25, 0.3) is 5.56 Å². The van der Waals surface area contributed by atoms with E-state index in [2.05, 4.69) is 4.72 Å². The summed E-state index contributed by atoms with van der Waals surface area (Å²) in [6.45, 7) is 0.561. The Hall–Kier alpha value is -2.65. The van der Waals surface area contributed by atoms with E-state index in [1.54, 1.807) is 31.4 Å². The molecule has 1 aliphatic rings. The van der Waals surface area contributed by atoms with E-state index in [-0.39, 0.29) is 17.9 Å². The minimum atomic E-state index is -2.11. The molecule has 1 atom stereocenters. The Morgan fingerprint density at radius 1 is 1.19 bits per heavy atom. The molecule has 2 N–H and O–H groups in total. The first-order chi connectivity index (χ1) is 14.8.